The maximum atomic E-state index is 12.7. The number of rotatable bonds is 5. The zero-order valence-electron chi connectivity index (χ0n) is 17.6. The molecule has 162 valence electrons. The topological polar surface area (TPSA) is 89.2 Å². The van der Waals surface area contributed by atoms with Gasteiger partial charge in [0.25, 0.3) is 5.54 Å². The number of cyclic esters (lactones) is 1. The summed E-state index contributed by atoms with van der Waals surface area (Å²) in [6.07, 6.45) is 0.134. The van der Waals surface area contributed by atoms with Crippen molar-refractivity contribution >= 4 is 34.3 Å². The largest absolute Gasteiger partial charge is 0.443 e. The van der Waals surface area contributed by atoms with Gasteiger partial charge in [-0.15, -0.1) is 10.2 Å². The minimum Gasteiger partial charge on any atom is -0.443 e. The van der Waals surface area contributed by atoms with Gasteiger partial charge in [0.1, 0.15) is 17.2 Å². The molecule has 0 radical (unpaired) electrons. The normalized spacial score (nSPS) is 19.5. The molecular formula is C21H23N5O4S. The van der Waals surface area contributed by atoms with Crippen LogP contribution in [0.2, 0.25) is 0 Å². The van der Waals surface area contributed by atoms with Crippen molar-refractivity contribution in [2.24, 2.45) is 0 Å². The number of hydrogen-bond donors (Lipinski definition) is 0. The average Bonchev–Trinajstić information content (AvgIpc) is 3.15. The molecule has 4 rings (SSSR count). The summed E-state index contributed by atoms with van der Waals surface area (Å²) in [7, 11) is 0. The summed E-state index contributed by atoms with van der Waals surface area (Å²) in [6, 6.07) is 7.46. The zero-order valence-corrected chi connectivity index (χ0v) is 18.4. The molecule has 2 amide bonds. The van der Waals surface area contributed by atoms with E-state index in [2.05, 4.69) is 15.0 Å². The smallest absolute Gasteiger partial charge is 0.416 e. The summed E-state index contributed by atoms with van der Waals surface area (Å²) in [6.45, 7) is 13.1. The van der Waals surface area contributed by atoms with Gasteiger partial charge in [0.2, 0.25) is 5.13 Å². The van der Waals surface area contributed by atoms with Crippen LogP contribution in [0.15, 0.2) is 29.8 Å². The number of nitrogens with zero attached hydrogens (tertiary/aromatic N) is 5. The van der Waals surface area contributed by atoms with Gasteiger partial charge in [-0.2, -0.15) is 0 Å². The molecule has 0 N–H and O–H groups in total. The van der Waals surface area contributed by atoms with Crippen LogP contribution in [0.1, 0.15) is 39.2 Å². The van der Waals surface area contributed by atoms with Gasteiger partial charge >= 0.3 is 12.2 Å². The Hall–Kier alpha value is -3.19. The molecular weight excluding hydrogens is 418 g/mol. The molecule has 0 spiro atoms. The van der Waals surface area contributed by atoms with Gasteiger partial charge in [-0.25, -0.2) is 21.1 Å². The Bertz CT molecular complexity index is 1010. The van der Waals surface area contributed by atoms with Gasteiger partial charge in [-0.3, -0.25) is 4.90 Å². The SMILES string of the molecule is [C-]#[N+]C1(c2ccc(N3C[C@H](CN(C(=O)OC(C)(C)C)c4nncs4)OC3=O)cc2)CC1. The molecule has 2 aliphatic rings. The van der Waals surface area contributed by atoms with Crippen LogP contribution in [-0.2, 0) is 15.0 Å². The molecule has 9 nitrogen and oxygen atoms in total. The summed E-state index contributed by atoms with van der Waals surface area (Å²) in [5.74, 6) is 0. The molecule has 0 unspecified atom stereocenters. The van der Waals surface area contributed by atoms with E-state index in [0.29, 0.717) is 10.8 Å². The van der Waals surface area contributed by atoms with Crippen LogP contribution >= 0.6 is 11.3 Å². The van der Waals surface area contributed by atoms with E-state index in [-0.39, 0.29) is 18.6 Å². The van der Waals surface area contributed by atoms with Crippen LogP contribution in [0.25, 0.3) is 4.85 Å². The van der Waals surface area contributed by atoms with Crippen LogP contribution < -0.4 is 9.80 Å². The number of carbonyl (C=O) groups excluding carboxylic acids is 2. The Kier molecular flexibility index (Phi) is 5.31. The molecule has 1 atom stereocenters. The molecule has 1 aliphatic carbocycles. The Balaban J connectivity index is 1.46. The highest BCUT2D eigenvalue weighted by molar-refractivity contribution is 7.13. The predicted molar refractivity (Wildman–Crippen MR) is 115 cm³/mol. The van der Waals surface area contributed by atoms with Crippen LogP contribution in [0, 0.1) is 6.57 Å². The van der Waals surface area contributed by atoms with Crippen molar-refractivity contribution < 1.29 is 19.1 Å². The maximum absolute atomic E-state index is 12.7. The van der Waals surface area contributed by atoms with Crippen LogP contribution in [0.3, 0.4) is 0 Å². The van der Waals surface area contributed by atoms with Gasteiger partial charge in [0, 0.05) is 24.1 Å². The molecule has 1 saturated carbocycles. The van der Waals surface area contributed by atoms with Gasteiger partial charge in [0.15, 0.2) is 0 Å². The number of anilines is 2. The fourth-order valence-electron chi connectivity index (χ4n) is 3.40. The van der Waals surface area contributed by atoms with Crippen LogP contribution in [-0.4, -0.2) is 47.2 Å². The van der Waals surface area contributed by atoms with Gasteiger partial charge in [-0.05, 0) is 45.0 Å². The van der Waals surface area contributed by atoms with E-state index >= 15 is 0 Å². The van der Waals surface area contributed by atoms with Crippen molar-refractivity contribution in [3.63, 3.8) is 0 Å². The van der Waals surface area contributed by atoms with E-state index < -0.39 is 23.9 Å². The number of carbonyl (C=O) groups is 2. The van der Waals surface area contributed by atoms with E-state index in [9.17, 15) is 9.59 Å². The van der Waals surface area contributed by atoms with Crippen molar-refractivity contribution in [3.05, 3.63) is 46.8 Å². The first-order chi connectivity index (χ1) is 14.7. The Morgan fingerprint density at radius 2 is 2.10 bits per heavy atom. The van der Waals surface area contributed by atoms with E-state index in [1.54, 1.807) is 20.8 Å². The first-order valence-corrected chi connectivity index (χ1v) is 10.8. The first-order valence-electron chi connectivity index (χ1n) is 9.95. The number of hydrogen-bond acceptors (Lipinski definition) is 7. The lowest BCUT2D eigenvalue weighted by molar-refractivity contribution is 0.0558. The summed E-state index contributed by atoms with van der Waals surface area (Å²) in [5.41, 5.74) is 2.13. The van der Waals surface area contributed by atoms with Crippen molar-refractivity contribution in [3.8, 4) is 0 Å². The van der Waals surface area contributed by atoms with Gasteiger partial charge in [-0.1, -0.05) is 11.3 Å². The zero-order chi connectivity index (χ0) is 22.2. The third-order valence-electron chi connectivity index (χ3n) is 5.11. The predicted octanol–water partition coefficient (Wildman–Crippen LogP) is 4.21. The lowest BCUT2D eigenvalue weighted by Crippen LogP contribution is -2.42. The quantitative estimate of drug-likeness (QED) is 0.646. The minimum atomic E-state index is -0.676. The molecule has 1 aromatic carbocycles. The van der Waals surface area contributed by atoms with Crippen molar-refractivity contribution in [1.82, 2.24) is 10.2 Å². The molecule has 31 heavy (non-hydrogen) atoms. The number of amides is 2. The van der Waals surface area contributed by atoms with Gasteiger partial charge < -0.3 is 14.3 Å². The third-order valence-corrected chi connectivity index (χ3v) is 5.82. The highest BCUT2D eigenvalue weighted by Crippen LogP contribution is 2.49. The fourth-order valence-corrected chi connectivity index (χ4v) is 3.96. The van der Waals surface area contributed by atoms with Crippen molar-refractivity contribution in [1.29, 1.82) is 0 Å². The lowest BCUT2D eigenvalue weighted by atomic mass is 10.1. The number of aromatic nitrogens is 2. The van der Waals surface area contributed by atoms with Crippen molar-refractivity contribution in [2.45, 2.75) is 50.9 Å². The summed E-state index contributed by atoms with van der Waals surface area (Å²) in [5, 5.41) is 8.14. The lowest BCUT2D eigenvalue weighted by Gasteiger charge is -2.26. The molecule has 0 bridgehead atoms. The van der Waals surface area contributed by atoms with E-state index in [0.717, 1.165) is 18.4 Å². The fraction of sp³-hybridized carbons (Fsp3) is 0.476. The summed E-state index contributed by atoms with van der Waals surface area (Å²) < 4.78 is 11.0. The van der Waals surface area contributed by atoms with Crippen molar-refractivity contribution in [2.75, 3.05) is 22.9 Å². The van der Waals surface area contributed by atoms with E-state index in [4.69, 9.17) is 16.0 Å². The van der Waals surface area contributed by atoms with Gasteiger partial charge in [0.05, 0.1) is 13.1 Å². The van der Waals surface area contributed by atoms with E-state index in [1.165, 1.54) is 26.6 Å². The minimum absolute atomic E-state index is 0.102. The number of ether oxygens (including phenoxy) is 2. The van der Waals surface area contributed by atoms with Crippen LogP contribution in [0.4, 0.5) is 20.4 Å². The monoisotopic (exact) mass is 441 g/mol. The standard InChI is InChI=1S/C21H23N5O4S/c1-20(2,3)30-19(28)26(17-24-23-13-31-17)12-16-11-25(18(27)29-16)15-7-5-14(6-8-15)21(22-4)9-10-21/h5-8,13,16H,9-12H2,1-3H3/t16-/m1/s1. The van der Waals surface area contributed by atoms with E-state index in [1.807, 2.05) is 24.3 Å². The second-order valence-electron chi connectivity index (χ2n) is 8.62. The third kappa shape index (κ3) is 4.46. The second kappa shape index (κ2) is 7.81. The second-order valence-corrected chi connectivity index (χ2v) is 9.43. The molecule has 2 heterocycles. The molecule has 1 aliphatic heterocycles. The highest BCUT2D eigenvalue weighted by atomic mass is 32.1. The number of benzene rings is 1. The highest BCUT2D eigenvalue weighted by Gasteiger charge is 2.52. The Morgan fingerprint density at radius 1 is 1.39 bits per heavy atom. The average molecular weight is 442 g/mol. The molecule has 1 saturated heterocycles. The van der Waals surface area contributed by atoms with Crippen LogP contribution in [0.5, 0.6) is 0 Å². The summed E-state index contributed by atoms with van der Waals surface area (Å²) >= 11 is 1.20. The molecule has 2 fully saturated rings. The molecule has 10 heteroatoms. The maximum Gasteiger partial charge on any atom is 0.416 e. The molecule has 1 aromatic heterocycles. The first kappa shape index (κ1) is 21.1. The Morgan fingerprint density at radius 3 is 2.65 bits per heavy atom. The molecule has 2 aromatic rings. The summed E-state index contributed by atoms with van der Waals surface area (Å²) in [4.78, 5) is 31.8. The Labute approximate surface area is 184 Å².